The summed E-state index contributed by atoms with van der Waals surface area (Å²) in [5.74, 6) is 0.872. The van der Waals surface area contributed by atoms with Crippen molar-refractivity contribution in [2.45, 2.75) is 13.8 Å². The summed E-state index contributed by atoms with van der Waals surface area (Å²) in [6.45, 7) is 3.62. The van der Waals surface area contributed by atoms with Crippen LogP contribution in [0.15, 0.2) is 28.8 Å². The zero-order chi connectivity index (χ0) is 16.8. The third-order valence-electron chi connectivity index (χ3n) is 2.90. The first-order valence-corrected chi connectivity index (χ1v) is 8.06. The number of carbonyl (C=O) groups is 2. The maximum atomic E-state index is 11.9. The van der Waals surface area contributed by atoms with Gasteiger partial charge in [-0.1, -0.05) is 11.2 Å². The van der Waals surface area contributed by atoms with Gasteiger partial charge in [-0.05, 0) is 31.5 Å². The monoisotopic (exact) mass is 334 g/mol. The van der Waals surface area contributed by atoms with Crippen LogP contribution in [0.1, 0.15) is 11.3 Å². The van der Waals surface area contributed by atoms with Crippen molar-refractivity contribution >= 4 is 40.8 Å². The number of nitrogens with two attached hydrogens (primary N) is 1. The third kappa shape index (κ3) is 5.33. The second kappa shape index (κ2) is 7.68. The lowest BCUT2D eigenvalue weighted by atomic mass is 10.2. The molecule has 2 aromatic rings. The summed E-state index contributed by atoms with van der Waals surface area (Å²) in [5, 5.41) is 9.03. The zero-order valence-electron chi connectivity index (χ0n) is 12.9. The fourth-order valence-corrected chi connectivity index (χ4v) is 2.42. The summed E-state index contributed by atoms with van der Waals surface area (Å²) in [6.07, 6.45) is 0. The number of thioether (sulfide) groups is 1. The smallest absolute Gasteiger partial charge is 0.235 e. The van der Waals surface area contributed by atoms with Crippen molar-refractivity contribution in [3.8, 4) is 0 Å². The van der Waals surface area contributed by atoms with Crippen molar-refractivity contribution in [2.75, 3.05) is 27.9 Å². The van der Waals surface area contributed by atoms with Crippen molar-refractivity contribution in [2.24, 2.45) is 0 Å². The quantitative estimate of drug-likeness (QED) is 0.698. The molecule has 0 aliphatic heterocycles. The molecule has 2 amide bonds. The molecule has 8 heteroatoms. The Balaban J connectivity index is 1.74. The molecule has 2 rings (SSSR count). The lowest BCUT2D eigenvalue weighted by Gasteiger charge is -2.09. The van der Waals surface area contributed by atoms with Gasteiger partial charge in [-0.2, -0.15) is 0 Å². The average Bonchev–Trinajstić information content (AvgIpc) is 2.88. The number of nitrogen functional groups attached to an aromatic ring is 1. The highest BCUT2D eigenvalue weighted by Gasteiger charge is 2.09. The lowest BCUT2D eigenvalue weighted by Crippen LogP contribution is -2.19. The van der Waals surface area contributed by atoms with E-state index in [1.54, 1.807) is 25.1 Å². The Morgan fingerprint density at radius 2 is 1.87 bits per heavy atom. The predicted molar refractivity (Wildman–Crippen MR) is 91.4 cm³/mol. The molecule has 0 radical (unpaired) electrons. The SMILES string of the molecule is Cc1cc(NC(=O)CSCC(=O)Nc2cc(N)ccc2C)no1. The molecular weight excluding hydrogens is 316 g/mol. The van der Waals surface area contributed by atoms with Crippen LogP contribution in [0.2, 0.25) is 0 Å². The van der Waals surface area contributed by atoms with Crippen LogP contribution in [0.4, 0.5) is 17.2 Å². The molecule has 0 saturated carbocycles. The summed E-state index contributed by atoms with van der Waals surface area (Å²) in [5.41, 5.74) is 7.89. The number of hydrogen-bond donors (Lipinski definition) is 3. The predicted octanol–water partition coefficient (Wildman–Crippen LogP) is 2.18. The Morgan fingerprint density at radius 1 is 1.17 bits per heavy atom. The first-order valence-electron chi connectivity index (χ1n) is 6.91. The number of nitrogens with zero attached hydrogens (tertiary/aromatic N) is 1. The van der Waals surface area contributed by atoms with Crippen LogP contribution >= 0.6 is 11.8 Å². The normalized spacial score (nSPS) is 10.3. The number of anilines is 3. The molecule has 0 fully saturated rings. The van der Waals surface area contributed by atoms with Gasteiger partial charge in [0, 0.05) is 17.4 Å². The fourth-order valence-electron chi connectivity index (χ4n) is 1.80. The molecule has 1 aromatic carbocycles. The van der Waals surface area contributed by atoms with Crippen LogP contribution in [0.25, 0.3) is 0 Å². The number of carbonyl (C=O) groups excluding carboxylic acids is 2. The van der Waals surface area contributed by atoms with E-state index in [9.17, 15) is 9.59 Å². The van der Waals surface area contributed by atoms with Gasteiger partial charge in [-0.25, -0.2) is 0 Å². The Bertz CT molecular complexity index is 714. The molecule has 0 bridgehead atoms. The highest BCUT2D eigenvalue weighted by atomic mass is 32.2. The summed E-state index contributed by atoms with van der Waals surface area (Å²) < 4.78 is 4.85. The molecule has 0 saturated heterocycles. The van der Waals surface area contributed by atoms with Crippen molar-refractivity contribution in [1.82, 2.24) is 5.16 Å². The van der Waals surface area contributed by atoms with Crippen molar-refractivity contribution < 1.29 is 14.1 Å². The molecule has 122 valence electrons. The van der Waals surface area contributed by atoms with Crippen LogP contribution in [-0.2, 0) is 9.59 Å². The molecule has 0 aliphatic carbocycles. The Hall–Kier alpha value is -2.48. The number of aryl methyl sites for hydroxylation is 2. The molecule has 1 aromatic heterocycles. The van der Waals surface area contributed by atoms with E-state index in [0.717, 1.165) is 5.56 Å². The highest BCUT2D eigenvalue weighted by molar-refractivity contribution is 8.00. The van der Waals surface area contributed by atoms with E-state index in [2.05, 4.69) is 15.8 Å². The number of benzene rings is 1. The molecule has 0 atom stereocenters. The topological polar surface area (TPSA) is 110 Å². The van der Waals surface area contributed by atoms with Gasteiger partial charge >= 0.3 is 0 Å². The molecule has 7 nitrogen and oxygen atoms in total. The number of hydrogen-bond acceptors (Lipinski definition) is 6. The molecule has 4 N–H and O–H groups in total. The summed E-state index contributed by atoms with van der Waals surface area (Å²) >= 11 is 1.21. The Kier molecular flexibility index (Phi) is 5.64. The van der Waals surface area contributed by atoms with E-state index >= 15 is 0 Å². The van der Waals surface area contributed by atoms with Crippen LogP contribution in [0, 0.1) is 13.8 Å². The minimum Gasteiger partial charge on any atom is -0.399 e. The maximum absolute atomic E-state index is 11.9. The van der Waals surface area contributed by atoms with Crippen molar-refractivity contribution in [3.63, 3.8) is 0 Å². The molecule has 23 heavy (non-hydrogen) atoms. The van der Waals surface area contributed by atoms with E-state index in [1.807, 2.05) is 13.0 Å². The van der Waals surface area contributed by atoms with Crippen molar-refractivity contribution in [1.29, 1.82) is 0 Å². The molecule has 0 unspecified atom stereocenters. The van der Waals surface area contributed by atoms with Gasteiger partial charge in [0.2, 0.25) is 11.8 Å². The number of amides is 2. The number of nitrogens with one attached hydrogen (secondary N) is 2. The van der Waals surface area contributed by atoms with E-state index in [0.29, 0.717) is 23.0 Å². The van der Waals surface area contributed by atoms with E-state index in [4.69, 9.17) is 10.3 Å². The number of rotatable bonds is 6. The minimum atomic E-state index is -0.240. The largest absolute Gasteiger partial charge is 0.399 e. The molecule has 0 spiro atoms. The average molecular weight is 334 g/mol. The summed E-state index contributed by atoms with van der Waals surface area (Å²) in [7, 11) is 0. The lowest BCUT2D eigenvalue weighted by molar-refractivity contribution is -0.114. The van der Waals surface area contributed by atoms with Crippen molar-refractivity contribution in [3.05, 3.63) is 35.6 Å². The maximum Gasteiger partial charge on any atom is 0.235 e. The molecule has 1 heterocycles. The van der Waals surface area contributed by atoms with Gasteiger partial charge in [-0.3, -0.25) is 9.59 Å². The van der Waals surface area contributed by atoms with E-state index in [-0.39, 0.29) is 23.3 Å². The van der Waals surface area contributed by atoms with Crippen LogP contribution in [-0.4, -0.2) is 28.5 Å². The van der Waals surface area contributed by atoms with Gasteiger partial charge in [-0.15, -0.1) is 11.8 Å². The third-order valence-corrected chi connectivity index (χ3v) is 3.83. The summed E-state index contributed by atoms with van der Waals surface area (Å²) in [6, 6.07) is 6.94. The Morgan fingerprint density at radius 3 is 2.52 bits per heavy atom. The van der Waals surface area contributed by atoms with Gasteiger partial charge in [0.05, 0.1) is 11.5 Å². The second-order valence-corrected chi connectivity index (χ2v) is 5.97. The highest BCUT2D eigenvalue weighted by Crippen LogP contribution is 2.18. The minimum absolute atomic E-state index is 0.148. The first-order chi connectivity index (χ1) is 10.9. The zero-order valence-corrected chi connectivity index (χ0v) is 13.7. The van der Waals surface area contributed by atoms with Gasteiger partial charge < -0.3 is 20.9 Å². The van der Waals surface area contributed by atoms with Gasteiger partial charge in [0.25, 0.3) is 0 Å². The fraction of sp³-hybridized carbons (Fsp3) is 0.267. The first kappa shape index (κ1) is 16.9. The standard InChI is InChI=1S/C15H18N4O3S/c1-9-3-4-11(16)6-12(9)17-14(20)7-23-8-15(21)18-13-5-10(2)22-19-13/h3-6H,7-8,16H2,1-2H3,(H,17,20)(H,18,19,21). The molecular formula is C15H18N4O3S. The second-order valence-electron chi connectivity index (χ2n) is 4.99. The van der Waals surface area contributed by atoms with Crippen LogP contribution in [0.3, 0.4) is 0 Å². The van der Waals surface area contributed by atoms with E-state index < -0.39 is 0 Å². The van der Waals surface area contributed by atoms with Crippen LogP contribution in [0.5, 0.6) is 0 Å². The van der Waals surface area contributed by atoms with Crippen LogP contribution < -0.4 is 16.4 Å². The molecule has 0 aliphatic rings. The van der Waals surface area contributed by atoms with E-state index in [1.165, 1.54) is 11.8 Å². The van der Waals surface area contributed by atoms with Gasteiger partial charge in [0.15, 0.2) is 5.82 Å². The Labute approximate surface area is 138 Å². The number of aromatic nitrogens is 1. The van der Waals surface area contributed by atoms with Gasteiger partial charge in [0.1, 0.15) is 5.76 Å². The summed E-state index contributed by atoms with van der Waals surface area (Å²) in [4.78, 5) is 23.6.